The van der Waals surface area contributed by atoms with Crippen LogP contribution in [-0.2, 0) is 12.8 Å². The van der Waals surface area contributed by atoms with E-state index in [1.807, 2.05) is 0 Å². The van der Waals surface area contributed by atoms with Crippen molar-refractivity contribution in [2.24, 2.45) is 5.73 Å². The standard InChI is InChI=1S/C12H18N4S/c1-2-16(7-6-11(13)17)12-9-4-3-5-10(9)14-8-15-12/h8H,2-7H2,1H3,(H2,13,17). The van der Waals surface area contributed by atoms with Crippen LogP contribution in [0.2, 0.25) is 0 Å². The van der Waals surface area contributed by atoms with E-state index in [9.17, 15) is 0 Å². The van der Waals surface area contributed by atoms with Crippen molar-refractivity contribution in [3.05, 3.63) is 17.6 Å². The second kappa shape index (κ2) is 5.40. The number of hydrogen-bond acceptors (Lipinski definition) is 4. The molecule has 0 atom stereocenters. The maximum absolute atomic E-state index is 5.56. The first-order valence-corrected chi connectivity index (χ1v) is 6.49. The lowest BCUT2D eigenvalue weighted by Crippen LogP contribution is -2.29. The molecule has 0 amide bonds. The Morgan fingerprint density at radius 1 is 1.47 bits per heavy atom. The molecule has 4 nitrogen and oxygen atoms in total. The lowest BCUT2D eigenvalue weighted by Gasteiger charge is -2.23. The average Bonchev–Trinajstić information content (AvgIpc) is 2.78. The molecule has 0 bridgehead atoms. The molecular weight excluding hydrogens is 232 g/mol. The molecule has 17 heavy (non-hydrogen) atoms. The number of thiocarbonyl (C=S) groups is 1. The molecule has 1 heterocycles. The molecule has 92 valence electrons. The number of nitrogens with zero attached hydrogens (tertiary/aromatic N) is 3. The highest BCUT2D eigenvalue weighted by molar-refractivity contribution is 7.80. The lowest BCUT2D eigenvalue weighted by atomic mass is 10.2. The molecule has 0 unspecified atom stereocenters. The van der Waals surface area contributed by atoms with E-state index >= 15 is 0 Å². The molecular formula is C12H18N4S. The van der Waals surface area contributed by atoms with Crippen LogP contribution in [0.3, 0.4) is 0 Å². The fraction of sp³-hybridized carbons (Fsp3) is 0.583. The van der Waals surface area contributed by atoms with Crippen molar-refractivity contribution in [1.82, 2.24) is 9.97 Å². The SMILES string of the molecule is CCN(CCC(N)=S)c1ncnc2c1CCC2. The van der Waals surface area contributed by atoms with Gasteiger partial charge in [0.2, 0.25) is 0 Å². The van der Waals surface area contributed by atoms with Gasteiger partial charge in [-0.05, 0) is 26.2 Å². The quantitative estimate of drug-likeness (QED) is 0.802. The van der Waals surface area contributed by atoms with E-state index in [2.05, 4.69) is 21.8 Å². The molecule has 0 fully saturated rings. The van der Waals surface area contributed by atoms with Crippen LogP contribution in [0.1, 0.15) is 31.0 Å². The molecule has 0 spiro atoms. The topological polar surface area (TPSA) is 55.0 Å². The van der Waals surface area contributed by atoms with Crippen molar-refractivity contribution in [3.63, 3.8) is 0 Å². The maximum atomic E-state index is 5.56. The van der Waals surface area contributed by atoms with Crippen LogP contribution < -0.4 is 10.6 Å². The van der Waals surface area contributed by atoms with Gasteiger partial charge in [-0.2, -0.15) is 0 Å². The number of aryl methyl sites for hydroxylation is 1. The molecule has 0 saturated carbocycles. The van der Waals surface area contributed by atoms with Crippen LogP contribution in [0.25, 0.3) is 0 Å². The van der Waals surface area contributed by atoms with Gasteiger partial charge in [0.05, 0.1) is 4.99 Å². The molecule has 2 rings (SSSR count). The van der Waals surface area contributed by atoms with Crippen LogP contribution in [0.15, 0.2) is 6.33 Å². The zero-order valence-corrected chi connectivity index (χ0v) is 11.0. The van der Waals surface area contributed by atoms with Crippen molar-refractivity contribution < 1.29 is 0 Å². The van der Waals surface area contributed by atoms with Crippen LogP contribution in [-0.4, -0.2) is 28.0 Å². The summed E-state index contributed by atoms with van der Waals surface area (Å²) in [5.41, 5.74) is 8.09. The Labute approximate surface area is 107 Å². The first kappa shape index (κ1) is 12.2. The Balaban J connectivity index is 2.19. The second-order valence-electron chi connectivity index (χ2n) is 4.27. The summed E-state index contributed by atoms with van der Waals surface area (Å²) in [6.45, 7) is 3.89. The molecule has 0 saturated heterocycles. The van der Waals surface area contributed by atoms with Crippen LogP contribution in [0.4, 0.5) is 5.82 Å². The zero-order valence-electron chi connectivity index (χ0n) is 10.1. The summed E-state index contributed by atoms with van der Waals surface area (Å²) >= 11 is 4.93. The number of rotatable bonds is 5. The predicted molar refractivity (Wildman–Crippen MR) is 73.3 cm³/mol. The summed E-state index contributed by atoms with van der Waals surface area (Å²) in [4.78, 5) is 11.6. The lowest BCUT2D eigenvalue weighted by molar-refractivity contribution is 0.805. The van der Waals surface area contributed by atoms with Crippen LogP contribution in [0, 0.1) is 0 Å². The Kier molecular flexibility index (Phi) is 3.89. The molecule has 5 heteroatoms. The van der Waals surface area contributed by atoms with Gasteiger partial charge in [0.15, 0.2) is 0 Å². The van der Waals surface area contributed by atoms with Gasteiger partial charge in [0.1, 0.15) is 12.1 Å². The van der Waals surface area contributed by atoms with Gasteiger partial charge in [0.25, 0.3) is 0 Å². The van der Waals surface area contributed by atoms with E-state index in [0.717, 1.165) is 38.2 Å². The van der Waals surface area contributed by atoms with Gasteiger partial charge in [-0.15, -0.1) is 0 Å². The molecule has 2 N–H and O–H groups in total. The van der Waals surface area contributed by atoms with Crippen molar-refractivity contribution in [2.45, 2.75) is 32.6 Å². The summed E-state index contributed by atoms with van der Waals surface area (Å²) in [7, 11) is 0. The minimum absolute atomic E-state index is 0.564. The van der Waals surface area contributed by atoms with E-state index < -0.39 is 0 Å². The fourth-order valence-electron chi connectivity index (χ4n) is 2.27. The average molecular weight is 250 g/mol. The molecule has 0 aliphatic heterocycles. The Hall–Kier alpha value is -1.23. The number of fused-ring (bicyclic) bond motifs is 1. The Morgan fingerprint density at radius 3 is 3.00 bits per heavy atom. The number of hydrogen-bond donors (Lipinski definition) is 1. The van der Waals surface area contributed by atoms with E-state index in [1.54, 1.807) is 6.33 Å². The largest absolute Gasteiger partial charge is 0.393 e. The molecule has 0 radical (unpaired) electrons. The van der Waals surface area contributed by atoms with Gasteiger partial charge < -0.3 is 10.6 Å². The Bertz CT molecular complexity index is 419. The van der Waals surface area contributed by atoms with E-state index in [0.29, 0.717) is 4.99 Å². The molecule has 1 aliphatic carbocycles. The highest BCUT2D eigenvalue weighted by Crippen LogP contribution is 2.27. The Morgan fingerprint density at radius 2 is 2.29 bits per heavy atom. The third-order valence-corrected chi connectivity index (χ3v) is 3.37. The minimum Gasteiger partial charge on any atom is -0.393 e. The van der Waals surface area contributed by atoms with Gasteiger partial charge in [-0.1, -0.05) is 12.2 Å². The zero-order chi connectivity index (χ0) is 12.3. The van der Waals surface area contributed by atoms with E-state index in [1.165, 1.54) is 17.7 Å². The van der Waals surface area contributed by atoms with Gasteiger partial charge in [-0.25, -0.2) is 9.97 Å². The normalized spacial score (nSPS) is 13.5. The van der Waals surface area contributed by atoms with Crippen molar-refractivity contribution >= 4 is 23.0 Å². The highest BCUT2D eigenvalue weighted by atomic mass is 32.1. The summed E-state index contributed by atoms with van der Waals surface area (Å²) < 4.78 is 0. The third kappa shape index (κ3) is 2.72. The summed E-state index contributed by atoms with van der Waals surface area (Å²) in [5.74, 6) is 1.08. The minimum atomic E-state index is 0.564. The molecule has 0 aromatic carbocycles. The highest BCUT2D eigenvalue weighted by Gasteiger charge is 2.20. The first-order valence-electron chi connectivity index (χ1n) is 6.08. The van der Waals surface area contributed by atoms with Crippen LogP contribution >= 0.6 is 12.2 Å². The van der Waals surface area contributed by atoms with E-state index in [4.69, 9.17) is 18.0 Å². The second-order valence-corrected chi connectivity index (χ2v) is 4.80. The van der Waals surface area contributed by atoms with Crippen molar-refractivity contribution in [2.75, 3.05) is 18.0 Å². The van der Waals surface area contributed by atoms with Gasteiger partial charge >= 0.3 is 0 Å². The first-order chi connectivity index (χ1) is 8.22. The van der Waals surface area contributed by atoms with Crippen molar-refractivity contribution in [3.8, 4) is 0 Å². The maximum Gasteiger partial charge on any atom is 0.135 e. The van der Waals surface area contributed by atoms with Gasteiger partial charge in [-0.3, -0.25) is 0 Å². The third-order valence-electron chi connectivity index (χ3n) is 3.16. The summed E-state index contributed by atoms with van der Waals surface area (Å²) in [6, 6.07) is 0. The number of nitrogens with two attached hydrogens (primary N) is 1. The van der Waals surface area contributed by atoms with Crippen molar-refractivity contribution in [1.29, 1.82) is 0 Å². The summed E-state index contributed by atoms with van der Waals surface area (Å²) in [5, 5.41) is 0. The smallest absolute Gasteiger partial charge is 0.135 e. The van der Waals surface area contributed by atoms with Gasteiger partial charge in [0, 0.05) is 30.8 Å². The molecule has 1 aromatic heterocycles. The summed E-state index contributed by atoms with van der Waals surface area (Å²) in [6.07, 6.45) is 5.77. The van der Waals surface area contributed by atoms with E-state index in [-0.39, 0.29) is 0 Å². The number of aromatic nitrogens is 2. The molecule has 1 aliphatic rings. The monoisotopic (exact) mass is 250 g/mol. The fourth-order valence-corrected chi connectivity index (χ4v) is 2.37. The molecule has 1 aromatic rings. The predicted octanol–water partition coefficient (Wildman–Crippen LogP) is 1.47. The van der Waals surface area contributed by atoms with Crippen LogP contribution in [0.5, 0.6) is 0 Å². The number of anilines is 1.